The maximum atomic E-state index is 2.36. The van der Waals surface area contributed by atoms with Gasteiger partial charge in [0, 0.05) is 0 Å². The fourth-order valence-corrected chi connectivity index (χ4v) is 6.13. The predicted octanol–water partition coefficient (Wildman–Crippen LogP) is 5.66. The molecule has 0 aliphatic heterocycles. The minimum atomic E-state index is 0.425. The number of unbranched alkanes of at least 4 members (excludes halogenated alkanes) is 2. The van der Waals surface area contributed by atoms with E-state index in [1.54, 1.807) is 4.47 Å². The summed E-state index contributed by atoms with van der Waals surface area (Å²) in [6.45, 7) is 4.49. The van der Waals surface area contributed by atoms with Gasteiger partial charge in [-0.3, -0.25) is 0 Å². The molecule has 0 spiro atoms. The van der Waals surface area contributed by atoms with Crippen molar-refractivity contribution in [1.29, 1.82) is 0 Å². The molecule has 2 aromatic rings. The molecule has 122 valence electrons. The third-order valence-electron chi connectivity index (χ3n) is 3.67. The van der Waals surface area contributed by atoms with Crippen molar-refractivity contribution in [2.75, 3.05) is 0 Å². The molecule has 0 bridgehead atoms. The zero-order chi connectivity index (χ0) is 16.3. The van der Waals surface area contributed by atoms with E-state index < -0.39 is 0 Å². The van der Waals surface area contributed by atoms with Crippen LogP contribution in [-0.2, 0) is 0 Å². The summed E-state index contributed by atoms with van der Waals surface area (Å²) >= 11 is 2.46. The van der Waals surface area contributed by atoms with Crippen molar-refractivity contribution in [2.24, 2.45) is 0 Å². The molecule has 2 aromatic carbocycles. The quantitative estimate of drug-likeness (QED) is 0.303. The summed E-state index contributed by atoms with van der Waals surface area (Å²) in [6, 6.07) is 21.8. The van der Waals surface area contributed by atoms with Crippen molar-refractivity contribution in [3.8, 4) is 0 Å². The van der Waals surface area contributed by atoms with Crippen LogP contribution in [0.1, 0.15) is 39.5 Å². The Morgan fingerprint density at radius 1 is 1.00 bits per heavy atom. The normalized spacial score (nSPS) is 13.0. The topological polar surface area (TPSA) is 0 Å². The molecule has 0 amide bonds. The number of thioether (sulfide) groups is 1. The van der Waals surface area contributed by atoms with Crippen LogP contribution in [0.5, 0.6) is 0 Å². The molecule has 0 aromatic heterocycles. The van der Waals surface area contributed by atoms with Crippen molar-refractivity contribution in [3.63, 3.8) is 0 Å². The summed E-state index contributed by atoms with van der Waals surface area (Å²) in [4.78, 5) is 1.39. The van der Waals surface area contributed by atoms with E-state index in [4.69, 9.17) is 0 Å². The summed E-state index contributed by atoms with van der Waals surface area (Å²) in [6.07, 6.45) is 7.59. The van der Waals surface area contributed by atoms with Gasteiger partial charge in [-0.25, -0.2) is 0 Å². The van der Waals surface area contributed by atoms with Crippen LogP contribution in [-0.4, -0.2) is 20.2 Å². The average Bonchev–Trinajstić information content (AvgIpc) is 2.61. The van der Waals surface area contributed by atoms with Crippen molar-refractivity contribution >= 4 is 31.2 Å². The Morgan fingerprint density at radius 3 is 2.26 bits per heavy atom. The summed E-state index contributed by atoms with van der Waals surface area (Å²) in [5.41, 5.74) is 0. The van der Waals surface area contributed by atoms with E-state index in [9.17, 15) is 0 Å². The van der Waals surface area contributed by atoms with Crippen molar-refractivity contribution < 1.29 is 0 Å². The van der Waals surface area contributed by atoms with E-state index in [1.807, 2.05) is 11.8 Å². The van der Waals surface area contributed by atoms with Gasteiger partial charge in [-0.15, -0.1) is 0 Å². The first kappa shape index (κ1) is 18.4. The monoisotopic (exact) mass is 390 g/mol. The Morgan fingerprint density at radius 2 is 1.65 bits per heavy atom. The molecule has 0 aliphatic carbocycles. The Balaban J connectivity index is 2.09. The van der Waals surface area contributed by atoms with Gasteiger partial charge in [0.25, 0.3) is 0 Å². The molecule has 0 radical (unpaired) electrons. The fraction of sp³-hybridized carbons (Fsp3) is 0.333. The number of hydrogen-bond acceptors (Lipinski definition) is 1. The molecule has 0 saturated carbocycles. The van der Waals surface area contributed by atoms with Crippen molar-refractivity contribution in [2.45, 2.75) is 49.7 Å². The van der Waals surface area contributed by atoms with Crippen LogP contribution in [0.4, 0.5) is 0 Å². The first-order valence-corrected chi connectivity index (χ1v) is 11.0. The molecule has 0 heterocycles. The average molecular weight is 389 g/mol. The Hall–Kier alpha value is -0.951. The van der Waals surface area contributed by atoms with Crippen LogP contribution in [0.2, 0.25) is 0 Å². The van der Waals surface area contributed by atoms with Crippen LogP contribution >= 0.6 is 11.8 Å². The molecule has 2 heteroatoms. The number of hydrogen-bond donors (Lipinski definition) is 0. The second-order valence-electron chi connectivity index (χ2n) is 5.52. The van der Waals surface area contributed by atoms with E-state index >= 15 is 0 Å². The molecule has 1 unspecified atom stereocenters. The van der Waals surface area contributed by atoms with E-state index in [0.29, 0.717) is 20.2 Å². The molecule has 2 rings (SSSR count). The van der Waals surface area contributed by atoms with Gasteiger partial charge in [0.1, 0.15) is 0 Å². The van der Waals surface area contributed by atoms with Gasteiger partial charge < -0.3 is 0 Å². The van der Waals surface area contributed by atoms with Crippen LogP contribution in [0.15, 0.2) is 76.1 Å². The molecule has 23 heavy (non-hydrogen) atoms. The van der Waals surface area contributed by atoms with Gasteiger partial charge in [-0.05, 0) is 0 Å². The van der Waals surface area contributed by atoms with Crippen LogP contribution in [0, 0.1) is 0 Å². The zero-order valence-corrected chi connectivity index (χ0v) is 16.6. The van der Waals surface area contributed by atoms with E-state index in [-0.39, 0.29) is 0 Å². The first-order valence-electron chi connectivity index (χ1n) is 8.44. The molecule has 0 aliphatic rings. The minimum absolute atomic E-state index is 0.425. The summed E-state index contributed by atoms with van der Waals surface area (Å²) in [5.74, 6) is 0. The van der Waals surface area contributed by atoms with Crippen molar-refractivity contribution in [3.05, 3.63) is 71.2 Å². The van der Waals surface area contributed by atoms with Gasteiger partial charge in [0.15, 0.2) is 0 Å². The molecular formula is C21H26SSe. The second-order valence-corrected chi connectivity index (χ2v) is 9.20. The maximum absolute atomic E-state index is 2.36. The third-order valence-corrected chi connectivity index (χ3v) is 7.98. The van der Waals surface area contributed by atoms with Crippen LogP contribution in [0.3, 0.4) is 0 Å². The number of allylic oxidation sites excluding steroid dienone is 1. The molecule has 0 saturated heterocycles. The van der Waals surface area contributed by atoms with E-state index in [0.717, 1.165) is 0 Å². The van der Waals surface area contributed by atoms with Crippen LogP contribution < -0.4 is 4.46 Å². The van der Waals surface area contributed by atoms with Crippen LogP contribution in [0.25, 0.3) is 0 Å². The second kappa shape index (κ2) is 10.8. The summed E-state index contributed by atoms with van der Waals surface area (Å²) in [7, 11) is 0. The van der Waals surface area contributed by atoms with Gasteiger partial charge in [0.2, 0.25) is 0 Å². The fourth-order valence-electron chi connectivity index (χ4n) is 2.44. The van der Waals surface area contributed by atoms with E-state index in [2.05, 4.69) is 80.6 Å². The van der Waals surface area contributed by atoms with Gasteiger partial charge in [-0.1, -0.05) is 0 Å². The predicted molar refractivity (Wildman–Crippen MR) is 106 cm³/mol. The number of rotatable bonds is 9. The third kappa shape index (κ3) is 6.59. The molecule has 0 fully saturated rings. The Kier molecular flexibility index (Phi) is 8.60. The number of benzene rings is 2. The van der Waals surface area contributed by atoms with Gasteiger partial charge in [0.05, 0.1) is 0 Å². The summed E-state index contributed by atoms with van der Waals surface area (Å²) < 4.78 is 3.09. The first-order chi connectivity index (χ1) is 11.3. The van der Waals surface area contributed by atoms with Crippen molar-refractivity contribution in [1.82, 2.24) is 0 Å². The standard InChI is InChI=1S/C21H26SSe/c1-3-5-8-17-20(22-18-13-9-6-10-14-18)21(4-2)23-19-15-11-7-12-16-19/h4,6-7,9-16,20H,3,5,8,17H2,1-2H3/b21-4+. The SMILES string of the molecule is C/C=C(/[Se]c1ccccc1)C(CCCCC)Sc1ccccc1. The van der Waals surface area contributed by atoms with Gasteiger partial charge in [-0.2, -0.15) is 0 Å². The molecular weight excluding hydrogens is 363 g/mol. The molecule has 1 atom stereocenters. The van der Waals surface area contributed by atoms with Gasteiger partial charge >= 0.3 is 152 Å². The summed E-state index contributed by atoms with van der Waals surface area (Å²) in [5, 5.41) is 0.606. The Bertz CT molecular complexity index is 577. The Labute approximate surface area is 151 Å². The zero-order valence-electron chi connectivity index (χ0n) is 14.1. The molecule has 0 nitrogen and oxygen atoms in total. The molecule has 0 N–H and O–H groups in total. The van der Waals surface area contributed by atoms with E-state index in [1.165, 1.54) is 35.0 Å².